The van der Waals surface area contributed by atoms with Gasteiger partial charge in [0.2, 0.25) is 0 Å². The zero-order valence-electron chi connectivity index (χ0n) is 12.2. The topological polar surface area (TPSA) is 28.6 Å². The molecular weight excluding hydrogens is 318 g/mol. The molecule has 0 aromatic carbocycles. The van der Waals surface area contributed by atoms with Crippen molar-refractivity contribution in [3.63, 3.8) is 0 Å². The molecule has 0 amide bonds. The minimum Gasteiger partial charge on any atom is -0.379 e. The van der Waals surface area contributed by atoms with E-state index in [1.54, 1.807) is 0 Å². The normalized spacial score (nSPS) is 28.1. The fraction of sp³-hybridized carbons (Fsp3) is 0.667. The Bertz CT molecular complexity index is 476. The summed E-state index contributed by atoms with van der Waals surface area (Å²) in [5, 5.41) is 0. The lowest BCUT2D eigenvalue weighted by atomic mass is 10.0. The standard InChI is InChI=1S/C15H22BrN3O/c1-11-7-13(16)15(17-8-11)19-9-12(2)14(10-19)18-3-5-20-6-4-18/h7-8,12,14H,3-6,9-10H2,1-2H3/t12-,14-/m1/s1. The lowest BCUT2D eigenvalue weighted by Gasteiger charge is -2.34. The molecule has 0 radical (unpaired) electrons. The van der Waals surface area contributed by atoms with Gasteiger partial charge in [0.05, 0.1) is 17.7 Å². The summed E-state index contributed by atoms with van der Waals surface area (Å²) in [6, 6.07) is 2.77. The maximum Gasteiger partial charge on any atom is 0.142 e. The van der Waals surface area contributed by atoms with Crippen molar-refractivity contribution < 1.29 is 4.74 Å². The maximum atomic E-state index is 5.46. The molecule has 2 saturated heterocycles. The second kappa shape index (κ2) is 6.00. The number of pyridine rings is 1. The molecule has 3 rings (SSSR count). The van der Waals surface area contributed by atoms with Gasteiger partial charge in [-0.2, -0.15) is 0 Å². The largest absolute Gasteiger partial charge is 0.379 e. The molecule has 20 heavy (non-hydrogen) atoms. The van der Waals surface area contributed by atoms with Gasteiger partial charge in [-0.1, -0.05) is 6.92 Å². The molecular formula is C15H22BrN3O. The van der Waals surface area contributed by atoms with Gasteiger partial charge in [0.1, 0.15) is 5.82 Å². The van der Waals surface area contributed by atoms with Crippen LogP contribution in [0.25, 0.3) is 0 Å². The lowest BCUT2D eigenvalue weighted by molar-refractivity contribution is 0.0134. The van der Waals surface area contributed by atoms with E-state index in [-0.39, 0.29) is 0 Å². The zero-order chi connectivity index (χ0) is 14.1. The molecule has 3 heterocycles. The highest BCUT2D eigenvalue weighted by Crippen LogP contribution is 2.31. The number of aromatic nitrogens is 1. The first-order valence-corrected chi connectivity index (χ1v) is 8.13. The summed E-state index contributed by atoms with van der Waals surface area (Å²) in [7, 11) is 0. The summed E-state index contributed by atoms with van der Waals surface area (Å²) in [4.78, 5) is 9.60. The van der Waals surface area contributed by atoms with Crippen LogP contribution in [0.3, 0.4) is 0 Å². The third-order valence-electron chi connectivity index (χ3n) is 4.35. The van der Waals surface area contributed by atoms with E-state index in [2.05, 4.69) is 50.6 Å². The van der Waals surface area contributed by atoms with Crippen molar-refractivity contribution in [2.75, 3.05) is 44.3 Å². The van der Waals surface area contributed by atoms with Crippen LogP contribution in [0.15, 0.2) is 16.7 Å². The molecule has 5 heteroatoms. The third-order valence-corrected chi connectivity index (χ3v) is 4.93. The number of aryl methyl sites for hydroxylation is 1. The Labute approximate surface area is 129 Å². The predicted octanol–water partition coefficient (Wildman–Crippen LogP) is 2.31. The van der Waals surface area contributed by atoms with E-state index >= 15 is 0 Å². The molecule has 4 nitrogen and oxygen atoms in total. The molecule has 2 aliphatic heterocycles. The van der Waals surface area contributed by atoms with E-state index in [1.807, 2.05) is 6.20 Å². The number of halogens is 1. The van der Waals surface area contributed by atoms with E-state index in [0.717, 1.165) is 49.7 Å². The van der Waals surface area contributed by atoms with Crippen LogP contribution in [0.2, 0.25) is 0 Å². The van der Waals surface area contributed by atoms with Gasteiger partial charge in [-0.3, -0.25) is 4.90 Å². The second-order valence-corrected chi connectivity index (χ2v) is 6.77. The highest BCUT2D eigenvalue weighted by molar-refractivity contribution is 9.10. The van der Waals surface area contributed by atoms with Gasteiger partial charge in [-0.05, 0) is 40.4 Å². The first kappa shape index (κ1) is 14.3. The Morgan fingerprint density at radius 2 is 2.05 bits per heavy atom. The van der Waals surface area contributed by atoms with Crippen LogP contribution in [-0.2, 0) is 4.74 Å². The summed E-state index contributed by atoms with van der Waals surface area (Å²) in [5.74, 6) is 1.75. The maximum absolute atomic E-state index is 5.46. The monoisotopic (exact) mass is 339 g/mol. The SMILES string of the molecule is Cc1cnc(N2C[C@@H](C)[C@H](N3CCOCC3)C2)c(Br)c1. The fourth-order valence-electron chi connectivity index (χ4n) is 3.27. The molecule has 0 spiro atoms. The average Bonchev–Trinajstić information content (AvgIpc) is 2.81. The van der Waals surface area contributed by atoms with Crippen molar-refractivity contribution in [2.45, 2.75) is 19.9 Å². The summed E-state index contributed by atoms with van der Waals surface area (Å²) in [5.41, 5.74) is 1.19. The van der Waals surface area contributed by atoms with E-state index < -0.39 is 0 Å². The van der Waals surface area contributed by atoms with Crippen molar-refractivity contribution in [1.82, 2.24) is 9.88 Å². The van der Waals surface area contributed by atoms with Gasteiger partial charge in [0.25, 0.3) is 0 Å². The molecule has 0 N–H and O–H groups in total. The molecule has 0 saturated carbocycles. The minimum atomic E-state index is 0.619. The number of rotatable bonds is 2. The van der Waals surface area contributed by atoms with Crippen molar-refractivity contribution in [3.8, 4) is 0 Å². The van der Waals surface area contributed by atoms with Gasteiger partial charge in [-0.15, -0.1) is 0 Å². The third kappa shape index (κ3) is 2.85. The van der Waals surface area contributed by atoms with Crippen LogP contribution < -0.4 is 4.90 Å². The van der Waals surface area contributed by atoms with Gasteiger partial charge in [-0.25, -0.2) is 4.98 Å². The Morgan fingerprint density at radius 3 is 2.75 bits per heavy atom. The number of hydrogen-bond acceptors (Lipinski definition) is 4. The van der Waals surface area contributed by atoms with Gasteiger partial charge in [0, 0.05) is 38.4 Å². The van der Waals surface area contributed by atoms with Crippen LogP contribution >= 0.6 is 15.9 Å². The van der Waals surface area contributed by atoms with Crippen LogP contribution in [0, 0.1) is 12.8 Å². The number of ether oxygens (including phenoxy) is 1. The van der Waals surface area contributed by atoms with Gasteiger partial charge < -0.3 is 9.64 Å². The first-order chi connectivity index (χ1) is 9.65. The quantitative estimate of drug-likeness (QED) is 0.826. The van der Waals surface area contributed by atoms with E-state index in [9.17, 15) is 0 Å². The second-order valence-electron chi connectivity index (χ2n) is 5.92. The number of morpholine rings is 1. The van der Waals surface area contributed by atoms with E-state index in [0.29, 0.717) is 12.0 Å². The first-order valence-electron chi connectivity index (χ1n) is 7.34. The summed E-state index contributed by atoms with van der Waals surface area (Å²) in [6.07, 6.45) is 1.95. The Hall–Kier alpha value is -0.650. The summed E-state index contributed by atoms with van der Waals surface area (Å²) >= 11 is 3.66. The van der Waals surface area contributed by atoms with Crippen molar-refractivity contribution in [3.05, 3.63) is 22.3 Å². The number of hydrogen-bond donors (Lipinski definition) is 0. The Kier molecular flexibility index (Phi) is 4.29. The molecule has 110 valence electrons. The highest BCUT2D eigenvalue weighted by atomic mass is 79.9. The lowest BCUT2D eigenvalue weighted by Crippen LogP contribution is -2.46. The molecule has 2 atom stereocenters. The van der Waals surface area contributed by atoms with Crippen LogP contribution in [0.1, 0.15) is 12.5 Å². The molecule has 0 unspecified atom stereocenters. The summed E-state index contributed by atoms with van der Waals surface area (Å²) < 4.78 is 6.57. The Balaban J connectivity index is 1.73. The smallest absolute Gasteiger partial charge is 0.142 e. The molecule has 2 aliphatic rings. The van der Waals surface area contributed by atoms with Crippen LogP contribution in [0.4, 0.5) is 5.82 Å². The molecule has 0 bridgehead atoms. The average molecular weight is 340 g/mol. The van der Waals surface area contributed by atoms with Crippen LogP contribution in [0.5, 0.6) is 0 Å². The number of anilines is 1. The summed E-state index contributed by atoms with van der Waals surface area (Å²) in [6.45, 7) is 10.4. The van der Waals surface area contributed by atoms with Crippen LogP contribution in [-0.4, -0.2) is 55.3 Å². The molecule has 1 aromatic heterocycles. The van der Waals surface area contributed by atoms with Gasteiger partial charge >= 0.3 is 0 Å². The van der Waals surface area contributed by atoms with Crippen molar-refractivity contribution in [2.24, 2.45) is 5.92 Å². The van der Waals surface area contributed by atoms with E-state index in [4.69, 9.17) is 4.74 Å². The molecule has 0 aliphatic carbocycles. The van der Waals surface area contributed by atoms with Gasteiger partial charge in [0.15, 0.2) is 0 Å². The zero-order valence-corrected chi connectivity index (χ0v) is 13.8. The molecule has 1 aromatic rings. The van der Waals surface area contributed by atoms with Crippen molar-refractivity contribution in [1.29, 1.82) is 0 Å². The Morgan fingerprint density at radius 1 is 1.30 bits per heavy atom. The predicted molar refractivity (Wildman–Crippen MR) is 84.2 cm³/mol. The highest BCUT2D eigenvalue weighted by Gasteiger charge is 2.35. The van der Waals surface area contributed by atoms with E-state index in [1.165, 1.54) is 5.56 Å². The molecule has 2 fully saturated rings. The number of nitrogens with zero attached hydrogens (tertiary/aromatic N) is 3. The minimum absolute atomic E-state index is 0.619. The van der Waals surface area contributed by atoms with Crippen molar-refractivity contribution >= 4 is 21.7 Å². The fourth-order valence-corrected chi connectivity index (χ4v) is 3.98.